The smallest absolute Gasteiger partial charge is 0.244 e. The van der Waals surface area contributed by atoms with Crippen LogP contribution in [0.25, 0.3) is 0 Å². The van der Waals surface area contributed by atoms with Crippen molar-refractivity contribution in [2.75, 3.05) is 13.1 Å². The molecule has 1 aliphatic heterocycles. The molecule has 2 heterocycles. The first kappa shape index (κ1) is 15.8. The Balaban J connectivity index is 2.12. The van der Waals surface area contributed by atoms with E-state index in [0.29, 0.717) is 23.2 Å². The minimum atomic E-state index is -3.35. The largest absolute Gasteiger partial charge is 0.249 e. The number of hydrogen-bond acceptors (Lipinski definition) is 4. The maximum absolute atomic E-state index is 12.5. The molecule has 112 valence electrons. The van der Waals surface area contributed by atoms with Crippen molar-refractivity contribution in [2.45, 2.75) is 54.7 Å². The molecule has 0 radical (unpaired) electrons. The normalized spacial score (nSPS) is 18.9. The number of hydrogen-bond donors (Lipinski definition) is 0. The Hall–Kier alpha value is -0.590. The van der Waals surface area contributed by atoms with E-state index in [9.17, 15) is 8.42 Å². The van der Waals surface area contributed by atoms with Crippen LogP contribution in [0.4, 0.5) is 0 Å². The summed E-state index contributed by atoms with van der Waals surface area (Å²) in [5, 5.41) is 1.38. The van der Waals surface area contributed by atoms with Gasteiger partial charge < -0.3 is 0 Å². The Morgan fingerprint density at radius 1 is 1.30 bits per heavy atom. The van der Waals surface area contributed by atoms with Gasteiger partial charge in [-0.05, 0) is 31.4 Å². The highest BCUT2D eigenvalue weighted by Crippen LogP contribution is 2.25. The zero-order chi connectivity index (χ0) is 14.6. The van der Waals surface area contributed by atoms with Gasteiger partial charge in [0.2, 0.25) is 10.0 Å². The van der Waals surface area contributed by atoms with Gasteiger partial charge in [0, 0.05) is 24.5 Å². The molecular weight excluding hydrogens is 292 g/mol. The van der Waals surface area contributed by atoms with E-state index >= 15 is 0 Å². The molecular formula is C14H22N2O2S2. The molecule has 0 amide bonds. The lowest BCUT2D eigenvalue weighted by Gasteiger charge is -2.25. The molecule has 0 N–H and O–H groups in total. The highest BCUT2D eigenvalue weighted by Gasteiger charge is 2.26. The molecule has 6 heteroatoms. The van der Waals surface area contributed by atoms with Crippen molar-refractivity contribution in [1.82, 2.24) is 9.29 Å². The van der Waals surface area contributed by atoms with Crippen molar-refractivity contribution in [3.05, 3.63) is 18.3 Å². The summed E-state index contributed by atoms with van der Waals surface area (Å²) in [7, 11) is -3.35. The van der Waals surface area contributed by atoms with Crippen molar-refractivity contribution in [3.8, 4) is 0 Å². The van der Waals surface area contributed by atoms with Crippen LogP contribution < -0.4 is 0 Å². The fraction of sp³-hybridized carbons (Fsp3) is 0.643. The lowest BCUT2D eigenvalue weighted by molar-refractivity contribution is 0.346. The summed E-state index contributed by atoms with van der Waals surface area (Å²) in [5.74, 6) is 0. The maximum Gasteiger partial charge on any atom is 0.244 e. The van der Waals surface area contributed by atoms with Gasteiger partial charge >= 0.3 is 0 Å². The van der Waals surface area contributed by atoms with Crippen LogP contribution in [0.3, 0.4) is 0 Å². The average Bonchev–Trinajstić information content (AvgIpc) is 2.48. The fourth-order valence-corrected chi connectivity index (χ4v) is 4.43. The third kappa shape index (κ3) is 3.74. The summed E-state index contributed by atoms with van der Waals surface area (Å²) in [6, 6.07) is 3.50. The number of piperidine rings is 1. The molecule has 0 bridgehead atoms. The van der Waals surface area contributed by atoms with Crippen molar-refractivity contribution < 1.29 is 8.42 Å². The Bertz CT molecular complexity index is 523. The first-order valence-corrected chi connectivity index (χ1v) is 9.49. The molecule has 1 aromatic rings. The molecule has 20 heavy (non-hydrogen) atoms. The zero-order valence-electron chi connectivity index (χ0n) is 12.1. The van der Waals surface area contributed by atoms with Crippen LogP contribution >= 0.6 is 11.8 Å². The minimum Gasteiger partial charge on any atom is -0.249 e. The van der Waals surface area contributed by atoms with E-state index in [1.54, 1.807) is 22.1 Å². The lowest BCUT2D eigenvalue weighted by atomic mass is 10.2. The molecule has 1 fully saturated rings. The first-order chi connectivity index (χ1) is 9.54. The number of sulfonamides is 1. The SMILES string of the molecule is CCC(C)Sc1ccc(S(=O)(=O)N2CCCCC2)cn1. The van der Waals surface area contributed by atoms with E-state index in [0.717, 1.165) is 30.7 Å². The predicted molar refractivity (Wildman–Crippen MR) is 82.5 cm³/mol. The summed E-state index contributed by atoms with van der Waals surface area (Å²) in [5.41, 5.74) is 0. The van der Waals surface area contributed by atoms with Crippen LogP contribution in [0.5, 0.6) is 0 Å². The Kier molecular flexibility index (Phi) is 5.46. The van der Waals surface area contributed by atoms with Crippen LogP contribution in [0.2, 0.25) is 0 Å². The first-order valence-electron chi connectivity index (χ1n) is 7.17. The van der Waals surface area contributed by atoms with Crippen LogP contribution in [-0.4, -0.2) is 36.0 Å². The van der Waals surface area contributed by atoms with Crippen LogP contribution in [0.1, 0.15) is 39.5 Å². The Morgan fingerprint density at radius 2 is 2.00 bits per heavy atom. The second-order valence-corrected chi connectivity index (χ2v) is 8.53. The summed E-state index contributed by atoms with van der Waals surface area (Å²) in [6.45, 7) is 5.54. The van der Waals surface area contributed by atoms with Crippen molar-refractivity contribution in [2.24, 2.45) is 0 Å². The van der Waals surface area contributed by atoms with Crippen LogP contribution in [-0.2, 0) is 10.0 Å². The summed E-state index contributed by atoms with van der Waals surface area (Å²) >= 11 is 1.68. The molecule has 4 nitrogen and oxygen atoms in total. The average molecular weight is 314 g/mol. The van der Waals surface area contributed by atoms with Crippen LogP contribution in [0, 0.1) is 0 Å². The minimum absolute atomic E-state index is 0.313. The topological polar surface area (TPSA) is 50.3 Å². The number of pyridine rings is 1. The summed E-state index contributed by atoms with van der Waals surface area (Å²) < 4.78 is 26.5. The molecule has 0 aliphatic carbocycles. The van der Waals surface area contributed by atoms with Crippen molar-refractivity contribution >= 4 is 21.8 Å². The number of thioether (sulfide) groups is 1. The second-order valence-electron chi connectivity index (χ2n) is 5.13. The van der Waals surface area contributed by atoms with E-state index in [1.165, 1.54) is 6.20 Å². The van der Waals surface area contributed by atoms with E-state index in [2.05, 4.69) is 18.8 Å². The van der Waals surface area contributed by atoms with Gasteiger partial charge in [0.15, 0.2) is 0 Å². The van der Waals surface area contributed by atoms with Crippen molar-refractivity contribution in [1.29, 1.82) is 0 Å². The molecule has 1 unspecified atom stereocenters. The molecule has 1 atom stereocenters. The van der Waals surface area contributed by atoms with Gasteiger partial charge in [-0.3, -0.25) is 0 Å². The predicted octanol–water partition coefficient (Wildman–Crippen LogP) is 3.15. The standard InChI is InChI=1S/C14H22N2O2S2/c1-3-12(2)19-14-8-7-13(11-15-14)20(17,18)16-9-5-4-6-10-16/h7-8,11-12H,3-6,9-10H2,1-2H3. The highest BCUT2D eigenvalue weighted by molar-refractivity contribution is 7.99. The van der Waals surface area contributed by atoms with Gasteiger partial charge in [0.05, 0.1) is 5.03 Å². The van der Waals surface area contributed by atoms with Crippen LogP contribution in [0.15, 0.2) is 28.3 Å². The molecule has 0 aromatic carbocycles. The zero-order valence-corrected chi connectivity index (χ0v) is 13.7. The van der Waals surface area contributed by atoms with E-state index in [-0.39, 0.29) is 0 Å². The molecule has 1 saturated heterocycles. The summed E-state index contributed by atoms with van der Waals surface area (Å²) in [6.07, 6.45) is 5.59. The van der Waals surface area contributed by atoms with Gasteiger partial charge in [-0.2, -0.15) is 4.31 Å². The lowest BCUT2D eigenvalue weighted by Crippen LogP contribution is -2.35. The molecule has 1 aliphatic rings. The van der Waals surface area contributed by atoms with E-state index in [1.807, 2.05) is 6.07 Å². The quantitative estimate of drug-likeness (QED) is 0.783. The van der Waals surface area contributed by atoms with E-state index < -0.39 is 10.0 Å². The van der Waals surface area contributed by atoms with Crippen molar-refractivity contribution in [3.63, 3.8) is 0 Å². The molecule has 0 saturated carbocycles. The molecule has 0 spiro atoms. The Labute approximate surface area is 126 Å². The second kappa shape index (κ2) is 6.91. The third-order valence-corrected chi connectivity index (χ3v) is 6.66. The molecule has 2 rings (SSSR count). The van der Waals surface area contributed by atoms with Gasteiger partial charge in [0.1, 0.15) is 4.90 Å². The van der Waals surface area contributed by atoms with E-state index in [4.69, 9.17) is 0 Å². The fourth-order valence-electron chi connectivity index (χ4n) is 2.13. The molecule has 1 aromatic heterocycles. The number of rotatable bonds is 5. The van der Waals surface area contributed by atoms with Gasteiger partial charge in [-0.1, -0.05) is 20.3 Å². The van der Waals surface area contributed by atoms with Gasteiger partial charge in [-0.15, -0.1) is 11.8 Å². The van der Waals surface area contributed by atoms with Gasteiger partial charge in [0.25, 0.3) is 0 Å². The maximum atomic E-state index is 12.5. The van der Waals surface area contributed by atoms with Gasteiger partial charge in [-0.25, -0.2) is 13.4 Å². The highest BCUT2D eigenvalue weighted by atomic mass is 32.2. The third-order valence-electron chi connectivity index (χ3n) is 3.56. The summed E-state index contributed by atoms with van der Waals surface area (Å²) in [4.78, 5) is 4.60. The number of nitrogens with zero attached hydrogens (tertiary/aromatic N) is 2. The monoisotopic (exact) mass is 314 g/mol. The Morgan fingerprint density at radius 3 is 2.55 bits per heavy atom. The number of aromatic nitrogens is 1.